The van der Waals surface area contributed by atoms with Crippen molar-refractivity contribution in [3.63, 3.8) is 0 Å². The summed E-state index contributed by atoms with van der Waals surface area (Å²) in [7, 11) is 0. The van der Waals surface area contributed by atoms with Crippen LogP contribution in [0.25, 0.3) is 6.08 Å². The van der Waals surface area contributed by atoms with Crippen LogP contribution in [0.2, 0.25) is 0 Å². The van der Waals surface area contributed by atoms with Crippen molar-refractivity contribution in [1.29, 1.82) is 0 Å². The third-order valence-corrected chi connectivity index (χ3v) is 4.18. The maximum atomic E-state index is 12.4. The van der Waals surface area contributed by atoms with Crippen molar-refractivity contribution < 1.29 is 19.1 Å². The van der Waals surface area contributed by atoms with E-state index in [0.717, 1.165) is 4.88 Å². The van der Waals surface area contributed by atoms with E-state index in [4.69, 9.17) is 9.47 Å². The van der Waals surface area contributed by atoms with Crippen molar-refractivity contribution in [3.8, 4) is 11.5 Å². The van der Waals surface area contributed by atoms with E-state index in [1.165, 1.54) is 11.3 Å². The zero-order valence-electron chi connectivity index (χ0n) is 12.2. The van der Waals surface area contributed by atoms with Gasteiger partial charge in [0.1, 0.15) is 11.5 Å². The predicted octanol–water partition coefficient (Wildman–Crippen LogP) is 3.99. The molecule has 0 atom stereocenters. The van der Waals surface area contributed by atoms with Gasteiger partial charge in [-0.15, -0.1) is 11.3 Å². The van der Waals surface area contributed by atoms with Crippen LogP contribution in [-0.2, 0) is 4.79 Å². The van der Waals surface area contributed by atoms with Crippen LogP contribution in [0.15, 0.2) is 35.4 Å². The quantitative estimate of drug-likeness (QED) is 0.488. The summed E-state index contributed by atoms with van der Waals surface area (Å²) in [6.07, 6.45) is 2.02. The minimum absolute atomic E-state index is 0.153. The van der Waals surface area contributed by atoms with Gasteiger partial charge in [-0.1, -0.05) is 13.0 Å². The number of hydrogen-bond donors (Lipinski definition) is 0. The molecule has 22 heavy (non-hydrogen) atoms. The van der Waals surface area contributed by atoms with Gasteiger partial charge in [-0.2, -0.15) is 0 Å². The minimum Gasteiger partial charge on any atom is -0.452 e. The second kappa shape index (κ2) is 5.77. The summed E-state index contributed by atoms with van der Waals surface area (Å²) in [5, 5.41) is 1.94. The number of thiophene rings is 1. The number of benzene rings is 1. The molecule has 112 valence electrons. The number of rotatable bonds is 3. The largest absolute Gasteiger partial charge is 0.452 e. The van der Waals surface area contributed by atoms with Gasteiger partial charge in [-0.25, -0.2) is 0 Å². The highest BCUT2D eigenvalue weighted by molar-refractivity contribution is 7.10. The summed E-state index contributed by atoms with van der Waals surface area (Å²) in [6, 6.07) is 7.10. The Balaban J connectivity index is 1.95. The molecule has 0 aliphatic carbocycles. The van der Waals surface area contributed by atoms with E-state index in [0.29, 0.717) is 34.8 Å². The molecule has 0 radical (unpaired) electrons. The molecule has 1 aromatic heterocycles. The van der Waals surface area contributed by atoms with Crippen molar-refractivity contribution >= 4 is 29.2 Å². The summed E-state index contributed by atoms with van der Waals surface area (Å²) in [5.74, 6) is 0.714. The van der Waals surface area contributed by atoms with Gasteiger partial charge in [0.05, 0.1) is 5.56 Å². The molecule has 5 heteroatoms. The van der Waals surface area contributed by atoms with Crippen LogP contribution in [0.4, 0.5) is 0 Å². The summed E-state index contributed by atoms with van der Waals surface area (Å²) >= 11 is 1.53. The van der Waals surface area contributed by atoms with Crippen molar-refractivity contribution in [2.45, 2.75) is 20.3 Å². The Morgan fingerprint density at radius 1 is 1.36 bits per heavy atom. The normalized spacial score (nSPS) is 14.8. The number of ether oxygens (including phenoxy) is 2. The number of allylic oxidation sites excluding steroid dienone is 1. The predicted molar refractivity (Wildman–Crippen MR) is 84.4 cm³/mol. The molecule has 4 nitrogen and oxygen atoms in total. The topological polar surface area (TPSA) is 52.6 Å². The van der Waals surface area contributed by atoms with E-state index >= 15 is 0 Å². The lowest BCUT2D eigenvalue weighted by atomic mass is 10.1. The first kappa shape index (κ1) is 14.5. The molecule has 0 spiro atoms. The molecule has 0 bridgehead atoms. The van der Waals surface area contributed by atoms with Gasteiger partial charge in [-0.05, 0) is 30.5 Å². The molecule has 0 fully saturated rings. The second-order valence-electron chi connectivity index (χ2n) is 4.85. The molecule has 1 aliphatic rings. The maximum absolute atomic E-state index is 12.4. The van der Waals surface area contributed by atoms with Gasteiger partial charge < -0.3 is 9.47 Å². The number of carbonyl (C=O) groups excluding carboxylic acids is 2. The zero-order valence-corrected chi connectivity index (χ0v) is 13.0. The Hall–Kier alpha value is -2.40. The van der Waals surface area contributed by atoms with Gasteiger partial charge in [0.25, 0.3) is 0 Å². The standard InChI is InChI=1S/C17H14O4S/c1-3-15(18)20-13-7-6-12-16(19)14(21-17(12)10(13)2)9-11-5-4-8-22-11/h4-9H,3H2,1-2H3/b14-9-. The lowest BCUT2D eigenvalue weighted by molar-refractivity contribution is -0.134. The Bertz CT molecular complexity index is 772. The van der Waals surface area contributed by atoms with E-state index in [1.54, 1.807) is 32.1 Å². The van der Waals surface area contributed by atoms with Crippen LogP contribution in [-0.4, -0.2) is 11.8 Å². The van der Waals surface area contributed by atoms with E-state index in [-0.39, 0.29) is 11.8 Å². The molecule has 0 saturated carbocycles. The average molecular weight is 314 g/mol. The van der Waals surface area contributed by atoms with E-state index in [1.807, 2.05) is 17.5 Å². The molecule has 3 rings (SSSR count). The molecule has 0 unspecified atom stereocenters. The Kier molecular flexibility index (Phi) is 3.81. The second-order valence-corrected chi connectivity index (χ2v) is 5.83. The van der Waals surface area contributed by atoms with Crippen molar-refractivity contribution in [3.05, 3.63) is 51.4 Å². The van der Waals surface area contributed by atoms with Crippen LogP contribution in [0.1, 0.15) is 34.1 Å². The van der Waals surface area contributed by atoms with Gasteiger partial charge in [0, 0.05) is 22.9 Å². The van der Waals surface area contributed by atoms with Gasteiger partial charge >= 0.3 is 5.97 Å². The third kappa shape index (κ3) is 2.55. The van der Waals surface area contributed by atoms with Crippen LogP contribution in [0, 0.1) is 6.92 Å². The highest BCUT2D eigenvalue weighted by Crippen LogP contribution is 2.39. The lowest BCUT2D eigenvalue weighted by Crippen LogP contribution is -2.06. The monoisotopic (exact) mass is 314 g/mol. The van der Waals surface area contributed by atoms with E-state index in [9.17, 15) is 9.59 Å². The Morgan fingerprint density at radius 3 is 2.86 bits per heavy atom. The first-order valence-corrected chi connectivity index (χ1v) is 7.80. The molecule has 0 N–H and O–H groups in total. The Morgan fingerprint density at radius 2 is 2.18 bits per heavy atom. The maximum Gasteiger partial charge on any atom is 0.310 e. The minimum atomic E-state index is -0.318. The zero-order chi connectivity index (χ0) is 15.7. The van der Waals surface area contributed by atoms with Crippen LogP contribution in [0.3, 0.4) is 0 Å². The molecule has 1 aromatic carbocycles. The Labute approximate surface area is 132 Å². The number of esters is 1. The van der Waals surface area contributed by atoms with Crippen molar-refractivity contribution in [1.82, 2.24) is 0 Å². The highest BCUT2D eigenvalue weighted by atomic mass is 32.1. The van der Waals surface area contributed by atoms with Crippen LogP contribution in [0.5, 0.6) is 11.5 Å². The summed E-state index contributed by atoms with van der Waals surface area (Å²) in [6.45, 7) is 3.51. The summed E-state index contributed by atoms with van der Waals surface area (Å²) < 4.78 is 11.0. The number of carbonyl (C=O) groups is 2. The molecule has 1 aliphatic heterocycles. The SMILES string of the molecule is CCC(=O)Oc1ccc2c(c1C)O/C(=C\c1cccs1)C2=O. The first-order chi connectivity index (χ1) is 10.6. The summed E-state index contributed by atoms with van der Waals surface area (Å²) in [4.78, 5) is 24.8. The fraction of sp³-hybridized carbons (Fsp3) is 0.176. The fourth-order valence-electron chi connectivity index (χ4n) is 2.18. The van der Waals surface area contributed by atoms with E-state index in [2.05, 4.69) is 0 Å². The number of Topliss-reactive ketones (excluding diaryl/α,β-unsaturated/α-hetero) is 1. The molecular weight excluding hydrogens is 300 g/mol. The van der Waals surface area contributed by atoms with Gasteiger partial charge in [-0.3, -0.25) is 9.59 Å². The van der Waals surface area contributed by atoms with Gasteiger partial charge in [0.2, 0.25) is 5.78 Å². The third-order valence-electron chi connectivity index (χ3n) is 3.37. The van der Waals surface area contributed by atoms with Crippen LogP contribution < -0.4 is 9.47 Å². The fourth-order valence-corrected chi connectivity index (χ4v) is 2.82. The highest BCUT2D eigenvalue weighted by Gasteiger charge is 2.30. The lowest BCUT2D eigenvalue weighted by Gasteiger charge is -2.09. The smallest absolute Gasteiger partial charge is 0.310 e. The number of hydrogen-bond acceptors (Lipinski definition) is 5. The number of fused-ring (bicyclic) bond motifs is 1. The van der Waals surface area contributed by atoms with Gasteiger partial charge in [0.15, 0.2) is 5.76 Å². The molecule has 2 heterocycles. The average Bonchev–Trinajstić information content (AvgIpc) is 3.12. The molecule has 0 amide bonds. The molecule has 2 aromatic rings. The molecule has 0 saturated heterocycles. The van der Waals surface area contributed by atoms with Crippen molar-refractivity contribution in [2.75, 3.05) is 0 Å². The summed E-state index contributed by atoms with van der Waals surface area (Å²) in [5.41, 5.74) is 1.15. The number of ketones is 1. The van der Waals surface area contributed by atoms with E-state index < -0.39 is 0 Å². The van der Waals surface area contributed by atoms with Crippen molar-refractivity contribution in [2.24, 2.45) is 0 Å². The van der Waals surface area contributed by atoms with Crippen LogP contribution >= 0.6 is 11.3 Å². The first-order valence-electron chi connectivity index (χ1n) is 6.92. The molecular formula is C17H14O4S.